The van der Waals surface area contributed by atoms with Gasteiger partial charge in [-0.25, -0.2) is 9.59 Å². The van der Waals surface area contributed by atoms with Crippen LogP contribution >= 0.6 is 0 Å². The first kappa shape index (κ1) is 22.0. The maximum absolute atomic E-state index is 12.2. The van der Waals surface area contributed by atoms with Crippen molar-refractivity contribution in [1.29, 1.82) is 0 Å². The van der Waals surface area contributed by atoms with Gasteiger partial charge < -0.3 is 25.0 Å². The number of rotatable bonds is 5. The highest BCUT2D eigenvalue weighted by Gasteiger charge is 2.25. The minimum atomic E-state index is -0.801. The van der Waals surface area contributed by atoms with Crippen LogP contribution in [0.5, 0.6) is 0 Å². The fourth-order valence-electron chi connectivity index (χ4n) is 1.65. The summed E-state index contributed by atoms with van der Waals surface area (Å²) in [6.07, 6.45) is -1.04. The molecule has 0 saturated heterocycles. The van der Waals surface area contributed by atoms with Gasteiger partial charge in [-0.15, -0.1) is 0 Å². The van der Waals surface area contributed by atoms with Crippen LogP contribution in [0.25, 0.3) is 0 Å². The number of nitrogens with one attached hydrogen (secondary N) is 2. The molecule has 3 amide bonds. The monoisotopic (exact) mass is 345 g/mol. The van der Waals surface area contributed by atoms with Crippen molar-refractivity contribution in [3.05, 3.63) is 0 Å². The van der Waals surface area contributed by atoms with E-state index in [0.717, 1.165) is 0 Å². The summed E-state index contributed by atoms with van der Waals surface area (Å²) in [5, 5.41) is 5.09. The Kier molecular flexibility index (Phi) is 8.02. The third-order valence-electron chi connectivity index (χ3n) is 2.53. The molecular weight excluding hydrogens is 314 g/mol. The van der Waals surface area contributed by atoms with E-state index in [1.807, 2.05) is 0 Å². The SMILES string of the molecule is CN(C)C(=O)[C@@H](CCNC(=O)OC(C)(C)C)NC(=O)OC(C)(C)C. The number of likely N-dealkylation sites (N-methyl/N-ethyl adjacent to an activating group) is 1. The lowest BCUT2D eigenvalue weighted by atomic mass is 10.2. The quantitative estimate of drug-likeness (QED) is 0.793. The molecule has 0 aromatic heterocycles. The van der Waals surface area contributed by atoms with Crippen LogP contribution in [0.15, 0.2) is 0 Å². The Balaban J connectivity index is 4.61. The first-order valence-corrected chi connectivity index (χ1v) is 7.89. The van der Waals surface area contributed by atoms with Crippen molar-refractivity contribution in [2.75, 3.05) is 20.6 Å². The number of carbonyl (C=O) groups excluding carboxylic acids is 3. The van der Waals surface area contributed by atoms with Crippen LogP contribution in [0.1, 0.15) is 48.0 Å². The van der Waals surface area contributed by atoms with Gasteiger partial charge in [0.05, 0.1) is 0 Å². The Hall–Kier alpha value is -1.99. The van der Waals surface area contributed by atoms with Crippen molar-refractivity contribution >= 4 is 18.1 Å². The highest BCUT2D eigenvalue weighted by atomic mass is 16.6. The molecule has 8 heteroatoms. The van der Waals surface area contributed by atoms with Crippen LogP contribution in [0.3, 0.4) is 0 Å². The lowest BCUT2D eigenvalue weighted by Crippen LogP contribution is -2.49. The number of nitrogens with zero attached hydrogens (tertiary/aromatic N) is 1. The summed E-state index contributed by atoms with van der Waals surface area (Å²) in [5.74, 6) is -0.285. The van der Waals surface area contributed by atoms with E-state index >= 15 is 0 Å². The first-order chi connectivity index (χ1) is 10.7. The molecule has 0 aromatic carbocycles. The Morgan fingerprint density at radius 2 is 1.38 bits per heavy atom. The Morgan fingerprint density at radius 3 is 1.79 bits per heavy atom. The summed E-state index contributed by atoms with van der Waals surface area (Å²) < 4.78 is 10.3. The van der Waals surface area contributed by atoms with E-state index < -0.39 is 29.4 Å². The number of hydrogen-bond acceptors (Lipinski definition) is 5. The summed E-state index contributed by atoms with van der Waals surface area (Å²) in [6, 6.07) is -0.801. The smallest absolute Gasteiger partial charge is 0.408 e. The molecule has 0 aliphatic carbocycles. The molecule has 0 aliphatic rings. The second kappa shape index (κ2) is 8.75. The first-order valence-electron chi connectivity index (χ1n) is 7.89. The predicted molar refractivity (Wildman–Crippen MR) is 90.7 cm³/mol. The molecule has 0 saturated carbocycles. The van der Waals surface area contributed by atoms with Crippen molar-refractivity contribution in [3.8, 4) is 0 Å². The highest BCUT2D eigenvalue weighted by Crippen LogP contribution is 2.08. The van der Waals surface area contributed by atoms with Crippen LogP contribution in [0, 0.1) is 0 Å². The molecule has 0 aliphatic heterocycles. The van der Waals surface area contributed by atoms with Crippen LogP contribution < -0.4 is 10.6 Å². The predicted octanol–water partition coefficient (Wildman–Crippen LogP) is 1.88. The lowest BCUT2D eigenvalue weighted by molar-refractivity contribution is -0.131. The molecule has 140 valence electrons. The maximum atomic E-state index is 12.2. The van der Waals surface area contributed by atoms with Gasteiger partial charge in [0.15, 0.2) is 0 Å². The molecule has 0 heterocycles. The van der Waals surface area contributed by atoms with E-state index in [0.29, 0.717) is 0 Å². The van der Waals surface area contributed by atoms with Crippen LogP contribution in [0.4, 0.5) is 9.59 Å². The summed E-state index contributed by atoms with van der Waals surface area (Å²) in [6.45, 7) is 10.7. The van der Waals surface area contributed by atoms with Gasteiger partial charge in [0.25, 0.3) is 0 Å². The Morgan fingerprint density at radius 1 is 0.917 bits per heavy atom. The lowest BCUT2D eigenvalue weighted by Gasteiger charge is -2.25. The average Bonchev–Trinajstić information content (AvgIpc) is 2.31. The van der Waals surface area contributed by atoms with E-state index in [9.17, 15) is 14.4 Å². The topological polar surface area (TPSA) is 97.0 Å². The Labute approximate surface area is 144 Å². The van der Waals surface area contributed by atoms with Crippen molar-refractivity contribution in [3.63, 3.8) is 0 Å². The molecule has 0 spiro atoms. The Bertz CT molecular complexity index is 450. The van der Waals surface area contributed by atoms with Gasteiger partial charge in [-0.2, -0.15) is 0 Å². The minimum Gasteiger partial charge on any atom is -0.444 e. The molecule has 0 fully saturated rings. The van der Waals surface area contributed by atoms with Crippen LogP contribution in [-0.2, 0) is 14.3 Å². The molecule has 0 bridgehead atoms. The van der Waals surface area contributed by atoms with Gasteiger partial charge in [-0.3, -0.25) is 4.79 Å². The van der Waals surface area contributed by atoms with Crippen molar-refractivity contribution in [2.24, 2.45) is 0 Å². The molecule has 0 radical (unpaired) electrons. The number of alkyl carbamates (subject to hydrolysis) is 2. The largest absolute Gasteiger partial charge is 0.444 e. The molecule has 24 heavy (non-hydrogen) atoms. The molecule has 0 unspecified atom stereocenters. The van der Waals surface area contributed by atoms with Crippen LogP contribution in [-0.4, -0.2) is 60.9 Å². The van der Waals surface area contributed by atoms with Gasteiger partial charge in [-0.05, 0) is 48.0 Å². The van der Waals surface area contributed by atoms with E-state index in [1.165, 1.54) is 4.90 Å². The fourth-order valence-corrected chi connectivity index (χ4v) is 1.65. The third-order valence-corrected chi connectivity index (χ3v) is 2.53. The molecule has 0 rings (SSSR count). The fraction of sp³-hybridized carbons (Fsp3) is 0.812. The van der Waals surface area contributed by atoms with Gasteiger partial charge in [0.2, 0.25) is 5.91 Å². The minimum absolute atomic E-state index is 0.176. The molecule has 8 nitrogen and oxygen atoms in total. The number of amides is 3. The summed E-state index contributed by atoms with van der Waals surface area (Å²) in [4.78, 5) is 37.0. The number of carbonyl (C=O) groups is 3. The van der Waals surface area contributed by atoms with Gasteiger partial charge in [0, 0.05) is 20.6 Å². The summed E-state index contributed by atoms with van der Waals surface area (Å²) in [5.41, 5.74) is -1.26. The van der Waals surface area contributed by atoms with Crippen molar-refractivity contribution in [2.45, 2.75) is 65.2 Å². The van der Waals surface area contributed by atoms with E-state index in [1.54, 1.807) is 55.6 Å². The second-order valence-electron chi connectivity index (χ2n) is 7.65. The number of hydrogen-bond donors (Lipinski definition) is 2. The van der Waals surface area contributed by atoms with Crippen LogP contribution in [0.2, 0.25) is 0 Å². The molecule has 0 aromatic rings. The summed E-state index contributed by atoms with van der Waals surface area (Å²) >= 11 is 0. The van der Waals surface area contributed by atoms with E-state index in [-0.39, 0.29) is 18.9 Å². The molecular formula is C16H31N3O5. The molecule has 1 atom stereocenters. The van der Waals surface area contributed by atoms with Crippen molar-refractivity contribution in [1.82, 2.24) is 15.5 Å². The zero-order chi connectivity index (χ0) is 19.1. The normalized spacial score (nSPS) is 12.8. The molecule has 2 N–H and O–H groups in total. The number of ether oxygens (including phenoxy) is 2. The van der Waals surface area contributed by atoms with Gasteiger partial charge in [0.1, 0.15) is 17.2 Å². The average molecular weight is 345 g/mol. The second-order valence-corrected chi connectivity index (χ2v) is 7.65. The maximum Gasteiger partial charge on any atom is 0.408 e. The highest BCUT2D eigenvalue weighted by molar-refractivity contribution is 5.85. The van der Waals surface area contributed by atoms with E-state index in [2.05, 4.69) is 10.6 Å². The third kappa shape index (κ3) is 10.7. The van der Waals surface area contributed by atoms with E-state index in [4.69, 9.17) is 9.47 Å². The standard InChI is InChI=1S/C16H31N3O5/c1-15(2,3)23-13(21)17-10-9-11(12(20)19(7)8)18-14(22)24-16(4,5)6/h11H,9-10H2,1-8H3,(H,17,21)(H,18,22)/t11-/m1/s1. The summed E-state index contributed by atoms with van der Waals surface area (Å²) in [7, 11) is 3.18. The zero-order valence-corrected chi connectivity index (χ0v) is 16.0. The van der Waals surface area contributed by atoms with Crippen molar-refractivity contribution < 1.29 is 23.9 Å². The van der Waals surface area contributed by atoms with Gasteiger partial charge >= 0.3 is 12.2 Å². The zero-order valence-electron chi connectivity index (χ0n) is 16.0. The van der Waals surface area contributed by atoms with Gasteiger partial charge in [-0.1, -0.05) is 0 Å².